The minimum atomic E-state index is -1.16. The van der Waals surface area contributed by atoms with Crippen molar-refractivity contribution in [3.8, 4) is 11.5 Å². The molecule has 0 bridgehead atoms. The zero-order valence-electron chi connectivity index (χ0n) is 20.4. The van der Waals surface area contributed by atoms with Crippen LogP contribution < -0.4 is 25.4 Å². The molecule has 1 fully saturated rings. The van der Waals surface area contributed by atoms with Crippen molar-refractivity contribution < 1.29 is 33.4 Å². The topological polar surface area (TPSA) is 132 Å². The molecule has 0 spiro atoms. The SMILES string of the molecule is COc1cccc(NC(=O)COc2ccc(C(=O)OC(C)C(=O)NC(=O)NC3CCCCC3)cc2)c1. The Bertz CT molecular complexity index is 1070. The predicted octanol–water partition coefficient (Wildman–Crippen LogP) is 3.42. The first-order valence-corrected chi connectivity index (χ1v) is 11.8. The molecule has 0 saturated heterocycles. The molecule has 0 aliphatic heterocycles. The molecule has 1 atom stereocenters. The predicted molar refractivity (Wildman–Crippen MR) is 132 cm³/mol. The molecule has 192 valence electrons. The van der Waals surface area contributed by atoms with E-state index in [9.17, 15) is 19.2 Å². The van der Waals surface area contributed by atoms with E-state index in [1.165, 1.54) is 38.3 Å². The van der Waals surface area contributed by atoms with Gasteiger partial charge in [0.1, 0.15) is 11.5 Å². The Morgan fingerprint density at radius 2 is 1.69 bits per heavy atom. The van der Waals surface area contributed by atoms with Gasteiger partial charge >= 0.3 is 12.0 Å². The molecule has 4 amide bonds. The van der Waals surface area contributed by atoms with E-state index in [1.807, 2.05) is 0 Å². The second-order valence-electron chi connectivity index (χ2n) is 8.44. The summed E-state index contributed by atoms with van der Waals surface area (Å²) in [5.74, 6) is -0.811. The van der Waals surface area contributed by atoms with Crippen LogP contribution in [0.2, 0.25) is 0 Å². The standard InChI is InChI=1S/C26H31N3O7/c1-17(24(31)29-26(33)28-19-7-4-3-5-8-19)36-25(32)18-11-13-21(14-12-18)35-16-23(30)27-20-9-6-10-22(15-20)34-2/h6,9-15,17,19H,3-5,7-8,16H2,1-2H3,(H,27,30)(H2,28,29,31,33). The van der Waals surface area contributed by atoms with E-state index in [2.05, 4.69) is 16.0 Å². The highest BCUT2D eigenvalue weighted by Crippen LogP contribution is 2.18. The van der Waals surface area contributed by atoms with Gasteiger partial charge in [-0.2, -0.15) is 0 Å². The Morgan fingerprint density at radius 3 is 2.39 bits per heavy atom. The molecule has 1 aliphatic rings. The summed E-state index contributed by atoms with van der Waals surface area (Å²) < 4.78 is 15.7. The molecule has 2 aromatic carbocycles. The first kappa shape index (κ1) is 26.5. The quantitative estimate of drug-likeness (QED) is 0.452. The number of imide groups is 1. The molecule has 1 aliphatic carbocycles. The third-order valence-corrected chi connectivity index (χ3v) is 5.64. The van der Waals surface area contributed by atoms with Gasteiger partial charge in [0.25, 0.3) is 11.8 Å². The van der Waals surface area contributed by atoms with Crippen LogP contribution >= 0.6 is 0 Å². The molecule has 1 unspecified atom stereocenters. The molecular weight excluding hydrogens is 466 g/mol. The van der Waals surface area contributed by atoms with Crippen molar-refractivity contribution in [3.05, 3.63) is 54.1 Å². The number of benzene rings is 2. The molecule has 3 N–H and O–H groups in total. The summed E-state index contributed by atoms with van der Waals surface area (Å²) in [6.45, 7) is 1.15. The van der Waals surface area contributed by atoms with Gasteiger partial charge in [-0.25, -0.2) is 9.59 Å². The number of esters is 1. The van der Waals surface area contributed by atoms with E-state index in [-0.39, 0.29) is 24.1 Å². The number of anilines is 1. The molecule has 0 heterocycles. The van der Waals surface area contributed by atoms with Crippen molar-refractivity contribution in [1.29, 1.82) is 0 Å². The molecular formula is C26H31N3O7. The Balaban J connectivity index is 1.41. The summed E-state index contributed by atoms with van der Waals surface area (Å²) in [6, 6.07) is 12.3. The van der Waals surface area contributed by atoms with Crippen molar-refractivity contribution in [2.75, 3.05) is 19.0 Å². The lowest BCUT2D eigenvalue weighted by Gasteiger charge is -2.23. The van der Waals surface area contributed by atoms with Gasteiger partial charge in [-0.05, 0) is 56.2 Å². The number of amides is 4. The number of urea groups is 1. The van der Waals surface area contributed by atoms with Gasteiger partial charge in [0.15, 0.2) is 12.7 Å². The third-order valence-electron chi connectivity index (χ3n) is 5.64. The lowest BCUT2D eigenvalue weighted by Crippen LogP contribution is -2.48. The smallest absolute Gasteiger partial charge is 0.338 e. The fourth-order valence-electron chi connectivity index (χ4n) is 3.70. The first-order valence-electron chi connectivity index (χ1n) is 11.8. The highest BCUT2D eigenvalue weighted by atomic mass is 16.5. The van der Waals surface area contributed by atoms with Gasteiger partial charge in [0.05, 0.1) is 12.7 Å². The monoisotopic (exact) mass is 497 g/mol. The average molecular weight is 498 g/mol. The maximum atomic E-state index is 12.4. The van der Waals surface area contributed by atoms with Gasteiger partial charge in [-0.1, -0.05) is 25.3 Å². The van der Waals surface area contributed by atoms with E-state index < -0.39 is 24.0 Å². The Hall–Kier alpha value is -4.08. The molecule has 10 nitrogen and oxygen atoms in total. The molecule has 0 radical (unpaired) electrons. The average Bonchev–Trinajstić information content (AvgIpc) is 2.88. The Labute approximate surface area is 209 Å². The highest BCUT2D eigenvalue weighted by molar-refractivity contribution is 5.98. The van der Waals surface area contributed by atoms with E-state index in [1.54, 1.807) is 24.3 Å². The van der Waals surface area contributed by atoms with E-state index in [0.717, 1.165) is 32.1 Å². The first-order chi connectivity index (χ1) is 17.3. The second kappa shape index (κ2) is 13.1. The summed E-state index contributed by atoms with van der Waals surface area (Å²) >= 11 is 0. The Kier molecular flexibility index (Phi) is 9.67. The lowest BCUT2D eigenvalue weighted by atomic mass is 9.96. The zero-order valence-corrected chi connectivity index (χ0v) is 20.4. The largest absolute Gasteiger partial charge is 0.497 e. The third kappa shape index (κ3) is 8.30. The van der Waals surface area contributed by atoms with Crippen LogP contribution in [0, 0.1) is 0 Å². The van der Waals surface area contributed by atoms with Gasteiger partial charge in [-0.3, -0.25) is 14.9 Å². The lowest BCUT2D eigenvalue weighted by molar-refractivity contribution is -0.128. The van der Waals surface area contributed by atoms with Crippen LogP contribution in [-0.4, -0.2) is 49.7 Å². The number of carbonyl (C=O) groups excluding carboxylic acids is 4. The second-order valence-corrected chi connectivity index (χ2v) is 8.44. The zero-order chi connectivity index (χ0) is 25.9. The number of ether oxygens (including phenoxy) is 3. The number of hydrogen-bond acceptors (Lipinski definition) is 7. The van der Waals surface area contributed by atoms with Crippen LogP contribution in [-0.2, 0) is 14.3 Å². The van der Waals surface area contributed by atoms with E-state index in [4.69, 9.17) is 14.2 Å². The molecule has 2 aromatic rings. The van der Waals surface area contributed by atoms with Gasteiger partial charge in [0, 0.05) is 17.8 Å². The van der Waals surface area contributed by atoms with Crippen LogP contribution in [0.3, 0.4) is 0 Å². The normalized spacial score (nSPS) is 14.2. The van der Waals surface area contributed by atoms with Crippen molar-refractivity contribution in [2.45, 2.75) is 51.2 Å². The summed E-state index contributed by atoms with van der Waals surface area (Å²) in [5.41, 5.74) is 0.764. The molecule has 0 aromatic heterocycles. The van der Waals surface area contributed by atoms with Crippen LogP contribution in [0.5, 0.6) is 11.5 Å². The van der Waals surface area contributed by atoms with Gasteiger partial charge in [0.2, 0.25) is 0 Å². The summed E-state index contributed by atoms with van der Waals surface area (Å²) in [6.07, 6.45) is 3.86. The molecule has 36 heavy (non-hydrogen) atoms. The number of carbonyl (C=O) groups is 4. The number of hydrogen-bond donors (Lipinski definition) is 3. The van der Waals surface area contributed by atoms with Gasteiger partial charge in [-0.15, -0.1) is 0 Å². The van der Waals surface area contributed by atoms with Crippen molar-refractivity contribution >= 4 is 29.5 Å². The fraction of sp³-hybridized carbons (Fsp3) is 0.385. The van der Waals surface area contributed by atoms with Crippen molar-refractivity contribution in [3.63, 3.8) is 0 Å². The van der Waals surface area contributed by atoms with Crippen LogP contribution in [0.15, 0.2) is 48.5 Å². The van der Waals surface area contributed by atoms with E-state index in [0.29, 0.717) is 17.2 Å². The maximum Gasteiger partial charge on any atom is 0.338 e. The van der Waals surface area contributed by atoms with Gasteiger partial charge < -0.3 is 24.8 Å². The molecule has 10 heteroatoms. The number of methoxy groups -OCH3 is 1. The van der Waals surface area contributed by atoms with Crippen LogP contribution in [0.25, 0.3) is 0 Å². The number of nitrogens with one attached hydrogen (secondary N) is 3. The summed E-state index contributed by atoms with van der Waals surface area (Å²) in [7, 11) is 1.54. The summed E-state index contributed by atoms with van der Waals surface area (Å²) in [4.78, 5) is 48.7. The highest BCUT2D eigenvalue weighted by Gasteiger charge is 2.22. The summed E-state index contributed by atoms with van der Waals surface area (Å²) in [5, 5.41) is 7.69. The van der Waals surface area contributed by atoms with Crippen LogP contribution in [0.1, 0.15) is 49.4 Å². The van der Waals surface area contributed by atoms with E-state index >= 15 is 0 Å². The molecule has 3 rings (SSSR count). The molecule has 1 saturated carbocycles. The minimum Gasteiger partial charge on any atom is -0.497 e. The maximum absolute atomic E-state index is 12.4. The van der Waals surface area contributed by atoms with Crippen molar-refractivity contribution in [1.82, 2.24) is 10.6 Å². The minimum absolute atomic E-state index is 0.0538. The fourth-order valence-corrected chi connectivity index (χ4v) is 3.70. The van der Waals surface area contributed by atoms with Crippen LogP contribution in [0.4, 0.5) is 10.5 Å². The van der Waals surface area contributed by atoms with Crippen molar-refractivity contribution in [2.24, 2.45) is 0 Å². The number of rotatable bonds is 9. The Morgan fingerprint density at radius 1 is 0.972 bits per heavy atom.